The molecule has 0 radical (unpaired) electrons. The Balaban J connectivity index is 1.89. The molecule has 3 rings (SSSR count). The highest BCUT2D eigenvalue weighted by molar-refractivity contribution is 7.92. The van der Waals surface area contributed by atoms with Crippen molar-refractivity contribution in [1.82, 2.24) is 0 Å². The van der Waals surface area contributed by atoms with Crippen LogP contribution >= 0.6 is 11.6 Å². The summed E-state index contributed by atoms with van der Waals surface area (Å²) in [6.07, 6.45) is 0. The predicted molar refractivity (Wildman–Crippen MR) is 117 cm³/mol. The normalized spacial score (nSPS) is 10.8. The number of benzene rings is 3. The van der Waals surface area contributed by atoms with Crippen molar-refractivity contribution in [2.75, 3.05) is 16.2 Å². The van der Waals surface area contributed by atoms with Gasteiger partial charge in [-0.15, -0.1) is 0 Å². The van der Waals surface area contributed by atoms with Gasteiger partial charge in [0.2, 0.25) is 0 Å². The number of hydrogen-bond acceptors (Lipinski definition) is 4. The van der Waals surface area contributed by atoms with Gasteiger partial charge in [-0.3, -0.25) is 9.10 Å². The Kier molecular flexibility index (Phi) is 6.40. The van der Waals surface area contributed by atoms with Gasteiger partial charge in [0, 0.05) is 17.8 Å². The molecular weight excluding hydrogens is 422 g/mol. The molecule has 0 saturated heterocycles. The number of halogens is 1. The molecule has 0 fully saturated rings. The Hall–Kier alpha value is -3.34. The fourth-order valence-corrected chi connectivity index (χ4v) is 4.64. The van der Waals surface area contributed by atoms with E-state index in [-0.39, 0.29) is 22.0 Å². The average molecular weight is 440 g/mol. The van der Waals surface area contributed by atoms with Crippen LogP contribution in [0.4, 0.5) is 11.4 Å². The lowest BCUT2D eigenvalue weighted by molar-refractivity contribution is 0.102. The molecule has 3 aromatic rings. The smallest absolute Gasteiger partial charge is 0.264 e. The standard InChI is InChI=1S/C22H18ClN3O3S/c1-2-26(19-8-4-3-5-9-19)30(28,29)20-10-6-7-16(13-20)22(27)25-18-12-11-17(15-24)21(23)14-18/h3-14H,2H2,1H3,(H,25,27). The van der Waals surface area contributed by atoms with Crippen LogP contribution in [0.25, 0.3) is 0 Å². The van der Waals surface area contributed by atoms with Crippen molar-refractivity contribution in [2.24, 2.45) is 0 Å². The van der Waals surface area contributed by atoms with Crippen LogP contribution in [-0.2, 0) is 10.0 Å². The second-order valence-electron chi connectivity index (χ2n) is 6.29. The minimum absolute atomic E-state index is 0.0127. The Morgan fingerprint density at radius 3 is 2.43 bits per heavy atom. The van der Waals surface area contributed by atoms with Crippen LogP contribution in [0.2, 0.25) is 5.02 Å². The molecule has 1 N–H and O–H groups in total. The molecule has 0 atom stereocenters. The highest BCUT2D eigenvalue weighted by atomic mass is 35.5. The zero-order chi connectivity index (χ0) is 21.7. The molecule has 0 heterocycles. The van der Waals surface area contributed by atoms with Crippen LogP contribution < -0.4 is 9.62 Å². The summed E-state index contributed by atoms with van der Waals surface area (Å²) < 4.78 is 27.6. The van der Waals surface area contributed by atoms with Crippen molar-refractivity contribution in [2.45, 2.75) is 11.8 Å². The molecular formula is C22H18ClN3O3S. The molecule has 0 aliphatic carbocycles. The zero-order valence-electron chi connectivity index (χ0n) is 16.0. The number of para-hydroxylation sites is 1. The van der Waals surface area contributed by atoms with Crippen molar-refractivity contribution in [3.8, 4) is 6.07 Å². The lowest BCUT2D eigenvalue weighted by atomic mass is 10.2. The fourth-order valence-electron chi connectivity index (χ4n) is 2.90. The van der Waals surface area contributed by atoms with Gasteiger partial charge in [-0.25, -0.2) is 8.42 Å². The highest BCUT2D eigenvalue weighted by Crippen LogP contribution is 2.25. The number of hydrogen-bond donors (Lipinski definition) is 1. The molecule has 1 amide bonds. The summed E-state index contributed by atoms with van der Waals surface area (Å²) in [5, 5.41) is 11.8. The summed E-state index contributed by atoms with van der Waals surface area (Å²) in [7, 11) is -3.85. The number of nitrogens with one attached hydrogen (secondary N) is 1. The third-order valence-electron chi connectivity index (χ3n) is 4.36. The molecule has 0 saturated carbocycles. The number of nitrogens with zero attached hydrogens (tertiary/aromatic N) is 2. The number of nitriles is 1. The first-order valence-corrected chi connectivity index (χ1v) is 10.9. The van der Waals surface area contributed by atoms with Crippen LogP contribution in [0.3, 0.4) is 0 Å². The van der Waals surface area contributed by atoms with Gasteiger partial charge >= 0.3 is 0 Å². The van der Waals surface area contributed by atoms with Gasteiger partial charge in [-0.05, 0) is 55.5 Å². The number of carbonyl (C=O) groups excluding carboxylic acids is 1. The van der Waals surface area contributed by atoms with Gasteiger partial charge in [0.25, 0.3) is 15.9 Å². The maximum absolute atomic E-state index is 13.2. The molecule has 8 heteroatoms. The van der Waals surface area contributed by atoms with E-state index in [4.69, 9.17) is 16.9 Å². The molecule has 0 aliphatic heterocycles. The van der Waals surface area contributed by atoms with Gasteiger partial charge < -0.3 is 5.32 Å². The molecule has 0 aromatic heterocycles. The molecule has 6 nitrogen and oxygen atoms in total. The maximum atomic E-state index is 13.2. The second kappa shape index (κ2) is 8.99. The summed E-state index contributed by atoms with van der Waals surface area (Å²) in [5.41, 5.74) is 1.42. The summed E-state index contributed by atoms with van der Waals surface area (Å²) in [4.78, 5) is 12.7. The average Bonchev–Trinajstić information content (AvgIpc) is 2.75. The van der Waals surface area contributed by atoms with Gasteiger partial charge in [0.1, 0.15) is 6.07 Å². The van der Waals surface area contributed by atoms with Crippen molar-refractivity contribution in [3.63, 3.8) is 0 Å². The minimum Gasteiger partial charge on any atom is -0.322 e. The monoisotopic (exact) mass is 439 g/mol. The number of amides is 1. The van der Waals surface area contributed by atoms with Crippen molar-refractivity contribution in [3.05, 3.63) is 88.9 Å². The molecule has 0 aliphatic rings. The lowest BCUT2D eigenvalue weighted by Gasteiger charge is -2.23. The zero-order valence-corrected chi connectivity index (χ0v) is 17.6. The van der Waals surface area contributed by atoms with Crippen molar-refractivity contribution >= 4 is 38.9 Å². The number of rotatable bonds is 6. The Morgan fingerprint density at radius 2 is 1.80 bits per heavy atom. The molecule has 30 heavy (non-hydrogen) atoms. The van der Waals surface area contributed by atoms with E-state index < -0.39 is 15.9 Å². The van der Waals surface area contributed by atoms with E-state index in [1.165, 1.54) is 40.7 Å². The number of anilines is 2. The first kappa shape index (κ1) is 21.4. The van der Waals surface area contributed by atoms with Crippen molar-refractivity contribution in [1.29, 1.82) is 5.26 Å². The van der Waals surface area contributed by atoms with Gasteiger partial charge in [-0.1, -0.05) is 35.9 Å². The molecule has 0 spiro atoms. The summed E-state index contributed by atoms with van der Waals surface area (Å²) in [6.45, 7) is 1.99. The van der Waals surface area contributed by atoms with Crippen molar-refractivity contribution < 1.29 is 13.2 Å². The summed E-state index contributed by atoms with van der Waals surface area (Å²) in [5.74, 6) is -0.490. The van der Waals surface area contributed by atoms with E-state index in [9.17, 15) is 13.2 Å². The van der Waals surface area contributed by atoms with E-state index in [1.54, 1.807) is 37.3 Å². The molecule has 152 valence electrons. The maximum Gasteiger partial charge on any atom is 0.264 e. The second-order valence-corrected chi connectivity index (χ2v) is 8.56. The van der Waals surface area contributed by atoms with Crippen LogP contribution in [0.5, 0.6) is 0 Å². The van der Waals surface area contributed by atoms with Gasteiger partial charge in [-0.2, -0.15) is 5.26 Å². The fraction of sp³-hybridized carbons (Fsp3) is 0.0909. The molecule has 0 bridgehead atoms. The van der Waals surface area contributed by atoms with E-state index in [1.807, 2.05) is 12.1 Å². The summed E-state index contributed by atoms with van der Waals surface area (Å²) >= 11 is 5.99. The summed E-state index contributed by atoms with van der Waals surface area (Å²) in [6, 6.07) is 21.1. The van der Waals surface area contributed by atoms with E-state index in [2.05, 4.69) is 5.32 Å². The van der Waals surface area contributed by atoms with E-state index in [0.29, 0.717) is 16.9 Å². The Bertz CT molecular complexity index is 1220. The molecule has 0 unspecified atom stereocenters. The quantitative estimate of drug-likeness (QED) is 0.603. The van der Waals surface area contributed by atoms with Crippen LogP contribution in [0.1, 0.15) is 22.8 Å². The van der Waals surface area contributed by atoms with Gasteiger partial charge in [0.15, 0.2) is 0 Å². The Morgan fingerprint density at radius 1 is 1.07 bits per heavy atom. The first-order chi connectivity index (χ1) is 14.4. The van der Waals surface area contributed by atoms with Crippen LogP contribution in [-0.4, -0.2) is 20.9 Å². The Labute approximate surface area is 180 Å². The SMILES string of the molecule is CCN(c1ccccc1)S(=O)(=O)c1cccc(C(=O)Nc2ccc(C#N)c(Cl)c2)c1. The predicted octanol–water partition coefficient (Wildman–Crippen LogP) is 4.68. The van der Waals surface area contributed by atoms with Crippen LogP contribution in [0.15, 0.2) is 77.7 Å². The van der Waals surface area contributed by atoms with Gasteiger partial charge in [0.05, 0.1) is 21.2 Å². The highest BCUT2D eigenvalue weighted by Gasteiger charge is 2.24. The third-order valence-corrected chi connectivity index (χ3v) is 6.57. The van der Waals surface area contributed by atoms with E-state index in [0.717, 1.165) is 0 Å². The topological polar surface area (TPSA) is 90.3 Å². The molecule has 3 aromatic carbocycles. The van der Waals surface area contributed by atoms with Crippen LogP contribution in [0, 0.1) is 11.3 Å². The lowest BCUT2D eigenvalue weighted by Crippen LogP contribution is -2.30. The third kappa shape index (κ3) is 4.46. The minimum atomic E-state index is -3.85. The first-order valence-electron chi connectivity index (χ1n) is 9.05. The largest absolute Gasteiger partial charge is 0.322 e. The van der Waals surface area contributed by atoms with E-state index >= 15 is 0 Å². The number of carbonyl (C=O) groups is 1. The number of sulfonamides is 1.